The lowest BCUT2D eigenvalue weighted by molar-refractivity contribution is 0.413. The Morgan fingerprint density at radius 1 is 1.15 bits per heavy atom. The van der Waals surface area contributed by atoms with Crippen LogP contribution < -0.4 is 9.46 Å². The van der Waals surface area contributed by atoms with Gasteiger partial charge in [-0.1, -0.05) is 0 Å². The van der Waals surface area contributed by atoms with Gasteiger partial charge in [0.15, 0.2) is 0 Å². The maximum Gasteiger partial charge on any atom is 0.241 e. The SMILES string of the molecule is COc1cc(C)c(S(=O)(=O)NCc2nc(-c3ccncc3)cs2)c(C)c1. The highest BCUT2D eigenvalue weighted by Gasteiger charge is 2.21. The maximum atomic E-state index is 12.7. The number of hydrogen-bond acceptors (Lipinski definition) is 6. The monoisotopic (exact) mass is 389 g/mol. The first kappa shape index (κ1) is 18.5. The number of nitrogens with zero attached hydrogens (tertiary/aromatic N) is 2. The van der Waals surface area contributed by atoms with Crippen LogP contribution in [0.1, 0.15) is 16.1 Å². The molecule has 0 saturated carbocycles. The lowest BCUT2D eigenvalue weighted by atomic mass is 10.1. The summed E-state index contributed by atoms with van der Waals surface area (Å²) in [5.74, 6) is 0.640. The zero-order chi connectivity index (χ0) is 18.7. The van der Waals surface area contributed by atoms with Crippen molar-refractivity contribution in [3.8, 4) is 17.0 Å². The fraction of sp³-hybridized carbons (Fsp3) is 0.222. The Bertz CT molecular complexity index is 992. The lowest BCUT2D eigenvalue weighted by Gasteiger charge is -2.13. The molecule has 136 valence electrons. The highest BCUT2D eigenvalue weighted by molar-refractivity contribution is 7.89. The van der Waals surface area contributed by atoms with Crippen LogP contribution in [0, 0.1) is 13.8 Å². The molecule has 3 rings (SSSR count). The molecule has 1 N–H and O–H groups in total. The number of pyridine rings is 1. The zero-order valence-electron chi connectivity index (χ0n) is 14.7. The second-order valence-electron chi connectivity index (χ2n) is 5.78. The summed E-state index contributed by atoms with van der Waals surface area (Å²) in [6.45, 7) is 3.66. The van der Waals surface area contributed by atoms with Crippen LogP contribution in [0.2, 0.25) is 0 Å². The first-order chi connectivity index (χ1) is 12.4. The van der Waals surface area contributed by atoms with Gasteiger partial charge in [-0.3, -0.25) is 4.98 Å². The Morgan fingerprint density at radius 2 is 1.81 bits per heavy atom. The van der Waals surface area contributed by atoms with Crippen LogP contribution in [-0.4, -0.2) is 25.5 Å². The molecule has 8 heteroatoms. The molecule has 6 nitrogen and oxygen atoms in total. The lowest BCUT2D eigenvalue weighted by Crippen LogP contribution is -2.24. The minimum atomic E-state index is -3.65. The fourth-order valence-corrected chi connectivity index (χ4v) is 5.00. The quantitative estimate of drug-likeness (QED) is 0.699. The molecular formula is C18H19N3O3S2. The normalized spacial score (nSPS) is 11.5. The number of ether oxygens (including phenoxy) is 1. The predicted molar refractivity (Wildman–Crippen MR) is 102 cm³/mol. The molecule has 0 aliphatic heterocycles. The zero-order valence-corrected chi connectivity index (χ0v) is 16.3. The van der Waals surface area contributed by atoms with Gasteiger partial charge >= 0.3 is 0 Å². The summed E-state index contributed by atoms with van der Waals surface area (Å²) in [7, 11) is -2.09. The van der Waals surface area contributed by atoms with E-state index in [1.165, 1.54) is 11.3 Å². The number of rotatable bonds is 6. The van der Waals surface area contributed by atoms with E-state index in [0.29, 0.717) is 21.9 Å². The molecular weight excluding hydrogens is 370 g/mol. The van der Waals surface area contributed by atoms with E-state index in [9.17, 15) is 8.42 Å². The number of thiazole rings is 1. The van der Waals surface area contributed by atoms with Gasteiger partial charge in [0.1, 0.15) is 10.8 Å². The topological polar surface area (TPSA) is 81.2 Å². The summed E-state index contributed by atoms with van der Waals surface area (Å²) >= 11 is 1.42. The molecule has 1 aromatic carbocycles. The van der Waals surface area contributed by atoms with Crippen molar-refractivity contribution in [2.45, 2.75) is 25.3 Å². The minimum absolute atomic E-state index is 0.142. The fourth-order valence-electron chi connectivity index (χ4n) is 2.73. The van der Waals surface area contributed by atoms with Gasteiger partial charge in [-0.05, 0) is 49.2 Å². The third-order valence-electron chi connectivity index (χ3n) is 3.88. The van der Waals surface area contributed by atoms with Crippen molar-refractivity contribution >= 4 is 21.4 Å². The van der Waals surface area contributed by atoms with E-state index in [-0.39, 0.29) is 11.4 Å². The number of aryl methyl sites for hydroxylation is 2. The molecule has 0 saturated heterocycles. The van der Waals surface area contributed by atoms with Gasteiger partial charge in [0.25, 0.3) is 0 Å². The summed E-state index contributed by atoms with van der Waals surface area (Å²) in [6, 6.07) is 7.17. The molecule has 0 amide bonds. The largest absolute Gasteiger partial charge is 0.497 e. The summed E-state index contributed by atoms with van der Waals surface area (Å²) in [5, 5.41) is 2.60. The second-order valence-corrected chi connectivity index (χ2v) is 8.42. The van der Waals surface area contributed by atoms with E-state index in [2.05, 4.69) is 14.7 Å². The molecule has 0 aliphatic carbocycles. The van der Waals surface area contributed by atoms with Crippen molar-refractivity contribution in [1.29, 1.82) is 0 Å². The molecule has 2 aromatic heterocycles. The smallest absolute Gasteiger partial charge is 0.241 e. The molecule has 26 heavy (non-hydrogen) atoms. The third-order valence-corrected chi connectivity index (χ3v) is 6.43. The number of benzene rings is 1. The van der Waals surface area contributed by atoms with Gasteiger partial charge in [-0.25, -0.2) is 18.1 Å². The van der Waals surface area contributed by atoms with Crippen LogP contribution in [0.25, 0.3) is 11.3 Å². The van der Waals surface area contributed by atoms with Crippen molar-refractivity contribution in [1.82, 2.24) is 14.7 Å². The number of hydrogen-bond donors (Lipinski definition) is 1. The molecule has 0 atom stereocenters. The van der Waals surface area contributed by atoms with Crippen LogP contribution in [0.3, 0.4) is 0 Å². The van der Waals surface area contributed by atoms with E-state index in [1.54, 1.807) is 45.5 Å². The maximum absolute atomic E-state index is 12.7. The predicted octanol–water partition coefficient (Wildman–Crippen LogP) is 3.31. The van der Waals surface area contributed by atoms with Crippen molar-refractivity contribution in [3.05, 3.63) is 58.2 Å². The van der Waals surface area contributed by atoms with E-state index in [0.717, 1.165) is 11.3 Å². The van der Waals surface area contributed by atoms with Crippen LogP contribution >= 0.6 is 11.3 Å². The Hall–Kier alpha value is -2.29. The molecule has 0 bridgehead atoms. The van der Waals surface area contributed by atoms with E-state index >= 15 is 0 Å². The van der Waals surface area contributed by atoms with Crippen LogP contribution in [0.15, 0.2) is 46.9 Å². The molecule has 0 aliphatic rings. The van der Waals surface area contributed by atoms with Gasteiger partial charge < -0.3 is 4.74 Å². The second kappa shape index (κ2) is 7.53. The van der Waals surface area contributed by atoms with Gasteiger partial charge in [-0.15, -0.1) is 11.3 Å². The molecule has 0 unspecified atom stereocenters. The summed E-state index contributed by atoms with van der Waals surface area (Å²) in [6.07, 6.45) is 3.40. The molecule has 0 radical (unpaired) electrons. The number of nitrogens with one attached hydrogen (secondary N) is 1. The standard InChI is InChI=1S/C18H19N3O3S2/c1-12-8-15(24-3)9-13(2)18(12)26(22,23)20-10-17-21-16(11-25-17)14-4-6-19-7-5-14/h4-9,11,20H,10H2,1-3H3. The first-order valence-electron chi connectivity index (χ1n) is 7.90. The average molecular weight is 390 g/mol. The summed E-state index contributed by atoms with van der Waals surface area (Å²) < 4.78 is 33.3. The Labute approximate surface area is 157 Å². The molecule has 2 heterocycles. The summed E-state index contributed by atoms with van der Waals surface area (Å²) in [5.41, 5.74) is 3.05. The molecule has 3 aromatic rings. The van der Waals surface area contributed by atoms with Crippen LogP contribution in [0.4, 0.5) is 0 Å². The molecule has 0 fully saturated rings. The van der Waals surface area contributed by atoms with Gasteiger partial charge in [0.2, 0.25) is 10.0 Å². The van der Waals surface area contributed by atoms with Crippen molar-refractivity contribution in [2.75, 3.05) is 7.11 Å². The van der Waals surface area contributed by atoms with Crippen LogP contribution in [-0.2, 0) is 16.6 Å². The van der Waals surface area contributed by atoms with Crippen molar-refractivity contribution in [2.24, 2.45) is 0 Å². The van der Waals surface area contributed by atoms with E-state index in [1.807, 2.05) is 17.5 Å². The number of aromatic nitrogens is 2. The van der Waals surface area contributed by atoms with E-state index < -0.39 is 10.0 Å². The average Bonchev–Trinajstić information content (AvgIpc) is 3.09. The first-order valence-corrected chi connectivity index (χ1v) is 10.3. The Morgan fingerprint density at radius 3 is 2.42 bits per heavy atom. The highest BCUT2D eigenvalue weighted by atomic mass is 32.2. The van der Waals surface area contributed by atoms with Crippen LogP contribution in [0.5, 0.6) is 5.75 Å². The minimum Gasteiger partial charge on any atom is -0.497 e. The van der Waals surface area contributed by atoms with Crippen molar-refractivity contribution in [3.63, 3.8) is 0 Å². The van der Waals surface area contributed by atoms with Gasteiger partial charge in [0.05, 0.1) is 24.2 Å². The highest BCUT2D eigenvalue weighted by Crippen LogP contribution is 2.26. The van der Waals surface area contributed by atoms with Gasteiger partial charge in [0, 0.05) is 23.3 Å². The Balaban J connectivity index is 1.79. The summed E-state index contributed by atoms with van der Waals surface area (Å²) in [4.78, 5) is 8.76. The molecule has 0 spiro atoms. The number of sulfonamides is 1. The van der Waals surface area contributed by atoms with Crippen molar-refractivity contribution < 1.29 is 13.2 Å². The third kappa shape index (κ3) is 3.92. The van der Waals surface area contributed by atoms with E-state index in [4.69, 9.17) is 4.74 Å². The number of methoxy groups -OCH3 is 1. The van der Waals surface area contributed by atoms with Gasteiger partial charge in [-0.2, -0.15) is 0 Å². The Kier molecular flexibility index (Phi) is 5.36.